The van der Waals surface area contributed by atoms with Crippen molar-refractivity contribution in [3.05, 3.63) is 17.7 Å². The molecule has 0 aliphatic heterocycles. The topological polar surface area (TPSA) is 40.7 Å². The van der Waals surface area contributed by atoms with Gasteiger partial charge in [0.2, 0.25) is 0 Å². The van der Waals surface area contributed by atoms with E-state index in [1.54, 1.807) is 0 Å². The molecule has 4 aliphatic carbocycles. The summed E-state index contributed by atoms with van der Waals surface area (Å²) in [7, 11) is 0. The maximum absolute atomic E-state index is 4.63. The van der Waals surface area contributed by atoms with Crippen LogP contribution in [0.15, 0.2) is 6.20 Å². The standard InChI is InChI=1S/C19H31N3/c1-12-16-8-14(19(16,2)3)9-17(12)20-10-15-11-21-18(22-15)13-6-4-5-7-13/h11-14,16-17,20H,4-10H2,1-3H3,(H,21,22)/t12-,14+,16-,17-/m1/s1. The predicted molar refractivity (Wildman–Crippen MR) is 89.6 cm³/mol. The van der Waals surface area contributed by atoms with Crippen LogP contribution >= 0.6 is 0 Å². The maximum Gasteiger partial charge on any atom is 0.109 e. The molecular formula is C19H31N3. The van der Waals surface area contributed by atoms with Gasteiger partial charge in [0.1, 0.15) is 5.82 Å². The zero-order valence-electron chi connectivity index (χ0n) is 14.4. The van der Waals surface area contributed by atoms with E-state index in [9.17, 15) is 0 Å². The number of aromatic nitrogens is 2. The highest BCUT2D eigenvalue weighted by Crippen LogP contribution is 2.61. The van der Waals surface area contributed by atoms with Crippen LogP contribution in [-0.4, -0.2) is 16.0 Å². The van der Waals surface area contributed by atoms with Crippen LogP contribution in [0.3, 0.4) is 0 Å². The van der Waals surface area contributed by atoms with Crippen molar-refractivity contribution >= 4 is 0 Å². The Morgan fingerprint density at radius 2 is 2.05 bits per heavy atom. The van der Waals surface area contributed by atoms with Crippen molar-refractivity contribution in [2.75, 3.05) is 0 Å². The number of fused-ring (bicyclic) bond motifs is 2. The summed E-state index contributed by atoms with van der Waals surface area (Å²) < 4.78 is 0. The second-order valence-corrected chi connectivity index (χ2v) is 8.72. The van der Waals surface area contributed by atoms with Crippen molar-refractivity contribution in [2.45, 2.75) is 77.8 Å². The van der Waals surface area contributed by atoms with E-state index in [4.69, 9.17) is 0 Å². The van der Waals surface area contributed by atoms with Gasteiger partial charge in [0.15, 0.2) is 0 Å². The van der Waals surface area contributed by atoms with E-state index in [1.165, 1.54) is 50.0 Å². The number of hydrogen-bond donors (Lipinski definition) is 2. The van der Waals surface area contributed by atoms with Gasteiger partial charge in [-0.1, -0.05) is 33.6 Å². The van der Waals surface area contributed by atoms with Crippen LogP contribution in [0.25, 0.3) is 0 Å². The summed E-state index contributed by atoms with van der Waals surface area (Å²) in [6, 6.07) is 0.690. The molecule has 0 unspecified atom stereocenters. The number of aromatic amines is 1. The number of hydrogen-bond acceptors (Lipinski definition) is 2. The fourth-order valence-electron chi connectivity index (χ4n) is 5.53. The quantitative estimate of drug-likeness (QED) is 0.874. The summed E-state index contributed by atoms with van der Waals surface area (Å²) in [5.41, 5.74) is 1.86. The molecule has 1 aromatic rings. The van der Waals surface area contributed by atoms with Crippen LogP contribution in [-0.2, 0) is 6.54 Å². The van der Waals surface area contributed by atoms with Crippen LogP contribution in [0.5, 0.6) is 0 Å². The Hall–Kier alpha value is -0.830. The SMILES string of the molecule is C[C@@H]1[C@H]2C[C@@H](C[C@H]1NCc1cnc(C3CCCC3)[nH]1)C2(C)C. The van der Waals surface area contributed by atoms with Crippen molar-refractivity contribution in [3.8, 4) is 0 Å². The average Bonchev–Trinajstić information content (AvgIpc) is 3.16. The van der Waals surface area contributed by atoms with Gasteiger partial charge in [-0.05, 0) is 48.9 Å². The predicted octanol–water partition coefficient (Wildman–Crippen LogP) is 4.23. The molecule has 0 aromatic carbocycles. The molecule has 22 heavy (non-hydrogen) atoms. The zero-order valence-corrected chi connectivity index (χ0v) is 14.4. The van der Waals surface area contributed by atoms with Crippen LogP contribution < -0.4 is 5.32 Å². The molecule has 0 amide bonds. The van der Waals surface area contributed by atoms with E-state index in [0.717, 1.165) is 24.3 Å². The van der Waals surface area contributed by atoms with Crippen molar-refractivity contribution in [1.29, 1.82) is 0 Å². The Morgan fingerprint density at radius 3 is 2.73 bits per heavy atom. The molecule has 1 heterocycles. The molecule has 122 valence electrons. The highest BCUT2D eigenvalue weighted by molar-refractivity contribution is 5.09. The van der Waals surface area contributed by atoms with E-state index in [-0.39, 0.29) is 0 Å². The van der Waals surface area contributed by atoms with Crippen LogP contribution in [0.4, 0.5) is 0 Å². The third kappa shape index (κ3) is 2.33. The minimum atomic E-state index is 0.585. The number of nitrogens with one attached hydrogen (secondary N) is 2. The van der Waals surface area contributed by atoms with E-state index in [0.29, 0.717) is 17.4 Å². The lowest BCUT2D eigenvalue weighted by Gasteiger charge is -2.62. The fraction of sp³-hybridized carbons (Fsp3) is 0.842. The van der Waals surface area contributed by atoms with Crippen LogP contribution in [0.2, 0.25) is 0 Å². The Kier molecular flexibility index (Phi) is 3.60. The van der Waals surface area contributed by atoms with E-state index < -0.39 is 0 Å². The van der Waals surface area contributed by atoms with Gasteiger partial charge < -0.3 is 10.3 Å². The molecule has 3 heteroatoms. The Balaban J connectivity index is 1.34. The number of nitrogens with zero attached hydrogens (tertiary/aromatic N) is 1. The van der Waals surface area contributed by atoms with Gasteiger partial charge in [0.25, 0.3) is 0 Å². The first-order chi connectivity index (χ1) is 10.6. The summed E-state index contributed by atoms with van der Waals surface area (Å²) in [5, 5.41) is 3.82. The highest BCUT2D eigenvalue weighted by atomic mass is 15.0. The molecule has 4 fully saturated rings. The Morgan fingerprint density at radius 1 is 1.27 bits per heavy atom. The summed E-state index contributed by atoms with van der Waals surface area (Å²) >= 11 is 0. The molecular weight excluding hydrogens is 270 g/mol. The molecule has 3 nitrogen and oxygen atoms in total. The largest absolute Gasteiger partial charge is 0.345 e. The summed E-state index contributed by atoms with van der Waals surface area (Å²) in [6.45, 7) is 8.35. The second-order valence-electron chi connectivity index (χ2n) is 8.72. The van der Waals surface area contributed by atoms with Crippen LogP contribution in [0.1, 0.15) is 76.7 Å². The Bertz CT molecular complexity index is 527. The van der Waals surface area contributed by atoms with Gasteiger partial charge in [-0.25, -0.2) is 4.98 Å². The molecule has 0 spiro atoms. The number of imidazole rings is 1. The smallest absolute Gasteiger partial charge is 0.109 e. The fourth-order valence-corrected chi connectivity index (χ4v) is 5.53. The lowest BCUT2D eigenvalue weighted by molar-refractivity contribution is -0.115. The van der Waals surface area contributed by atoms with Crippen molar-refractivity contribution in [2.24, 2.45) is 23.2 Å². The molecule has 1 aromatic heterocycles. The molecule has 0 saturated heterocycles. The average molecular weight is 301 g/mol. The molecule has 2 bridgehead atoms. The lowest BCUT2D eigenvalue weighted by Crippen LogP contribution is -2.59. The first kappa shape index (κ1) is 14.7. The minimum Gasteiger partial charge on any atom is -0.345 e. The molecule has 0 radical (unpaired) electrons. The van der Waals surface area contributed by atoms with Crippen LogP contribution in [0, 0.1) is 23.2 Å². The van der Waals surface area contributed by atoms with Gasteiger partial charge in [-0.3, -0.25) is 0 Å². The van der Waals surface area contributed by atoms with E-state index >= 15 is 0 Å². The van der Waals surface area contributed by atoms with Crippen molar-refractivity contribution in [1.82, 2.24) is 15.3 Å². The highest BCUT2D eigenvalue weighted by Gasteiger charge is 2.55. The monoisotopic (exact) mass is 301 g/mol. The van der Waals surface area contributed by atoms with Gasteiger partial charge in [0.05, 0.1) is 0 Å². The molecule has 2 N–H and O–H groups in total. The van der Waals surface area contributed by atoms with Crippen molar-refractivity contribution < 1.29 is 0 Å². The molecule has 4 aliphatic rings. The third-order valence-corrected chi connectivity index (χ3v) is 7.30. The summed E-state index contributed by atoms with van der Waals surface area (Å²) in [5.74, 6) is 4.57. The Labute approximate surface area is 134 Å². The normalized spacial score (nSPS) is 37.2. The zero-order chi connectivity index (χ0) is 15.3. The van der Waals surface area contributed by atoms with Crippen molar-refractivity contribution in [3.63, 3.8) is 0 Å². The maximum atomic E-state index is 4.63. The number of rotatable bonds is 4. The van der Waals surface area contributed by atoms with E-state index in [2.05, 4.69) is 42.3 Å². The third-order valence-electron chi connectivity index (χ3n) is 7.30. The number of H-pyrrole nitrogens is 1. The van der Waals surface area contributed by atoms with Gasteiger partial charge in [-0.2, -0.15) is 0 Å². The minimum absolute atomic E-state index is 0.585. The first-order valence-electron chi connectivity index (χ1n) is 9.33. The van der Waals surface area contributed by atoms with Gasteiger partial charge in [0, 0.05) is 30.4 Å². The van der Waals surface area contributed by atoms with Gasteiger partial charge >= 0.3 is 0 Å². The summed E-state index contributed by atoms with van der Waals surface area (Å²) in [6.07, 6.45) is 10.3. The lowest BCUT2D eigenvalue weighted by atomic mass is 9.45. The molecule has 4 atom stereocenters. The van der Waals surface area contributed by atoms with E-state index in [1.807, 2.05) is 0 Å². The van der Waals surface area contributed by atoms with Gasteiger partial charge in [-0.15, -0.1) is 0 Å². The second kappa shape index (κ2) is 5.36. The molecule has 4 saturated carbocycles. The first-order valence-corrected chi connectivity index (χ1v) is 9.33. The molecule has 5 rings (SSSR count). The summed E-state index contributed by atoms with van der Waals surface area (Å²) in [4.78, 5) is 8.21.